The number of ketones is 1. The fourth-order valence-corrected chi connectivity index (χ4v) is 1.06. The van der Waals surface area contributed by atoms with Gasteiger partial charge < -0.3 is 10.8 Å². The Labute approximate surface area is 75.0 Å². The van der Waals surface area contributed by atoms with Gasteiger partial charge in [0.15, 0.2) is 17.3 Å². The van der Waals surface area contributed by atoms with E-state index in [2.05, 4.69) is 0 Å². The molecule has 0 unspecified atom stereocenters. The van der Waals surface area contributed by atoms with Crippen LogP contribution < -0.4 is 5.73 Å². The Bertz CT molecular complexity index is 350. The Morgan fingerprint density at radius 3 is 2.77 bits per heavy atom. The van der Waals surface area contributed by atoms with Gasteiger partial charge in [-0.3, -0.25) is 4.79 Å². The second-order valence-corrected chi connectivity index (χ2v) is 2.77. The van der Waals surface area contributed by atoms with Crippen molar-refractivity contribution >= 4 is 5.78 Å². The maximum atomic E-state index is 13.1. The maximum Gasteiger partial charge on any atom is 0.179 e. The number of phenols is 1. The van der Waals surface area contributed by atoms with Crippen LogP contribution in [0.2, 0.25) is 0 Å². The molecule has 0 amide bonds. The predicted octanol–water partition coefficient (Wildman–Crippen LogP) is 0.981. The SMILES string of the molecule is Cc1cc(O)c(F)c(C(=O)CN)c1. The van der Waals surface area contributed by atoms with E-state index in [4.69, 9.17) is 10.8 Å². The van der Waals surface area contributed by atoms with Crippen molar-refractivity contribution in [3.63, 3.8) is 0 Å². The number of carbonyl (C=O) groups excluding carboxylic acids is 1. The van der Waals surface area contributed by atoms with Crippen LogP contribution in [0, 0.1) is 12.7 Å². The van der Waals surface area contributed by atoms with Gasteiger partial charge >= 0.3 is 0 Å². The number of nitrogens with two attached hydrogens (primary N) is 1. The molecule has 1 aromatic rings. The molecule has 0 saturated heterocycles. The second kappa shape index (κ2) is 3.53. The molecule has 0 radical (unpaired) electrons. The molecule has 0 aliphatic heterocycles. The Hall–Kier alpha value is -1.42. The van der Waals surface area contributed by atoms with E-state index in [-0.39, 0.29) is 12.1 Å². The molecule has 0 spiro atoms. The largest absolute Gasteiger partial charge is 0.505 e. The van der Waals surface area contributed by atoms with E-state index in [0.717, 1.165) is 0 Å². The molecule has 0 aliphatic rings. The number of hydrogen-bond donors (Lipinski definition) is 2. The first kappa shape index (κ1) is 9.67. The minimum Gasteiger partial charge on any atom is -0.505 e. The lowest BCUT2D eigenvalue weighted by atomic mass is 10.1. The van der Waals surface area contributed by atoms with Crippen LogP contribution in [0.5, 0.6) is 5.75 Å². The topological polar surface area (TPSA) is 63.3 Å². The minimum atomic E-state index is -0.902. The Morgan fingerprint density at radius 2 is 2.23 bits per heavy atom. The first-order chi connectivity index (χ1) is 6.06. The molecular formula is C9H10FNO2. The molecule has 3 nitrogen and oxygen atoms in total. The normalized spacial score (nSPS) is 10.1. The van der Waals surface area contributed by atoms with Crippen LogP contribution in [0.1, 0.15) is 15.9 Å². The summed E-state index contributed by atoms with van der Waals surface area (Å²) in [5, 5.41) is 9.06. The molecule has 3 N–H and O–H groups in total. The number of rotatable bonds is 2. The molecule has 70 valence electrons. The second-order valence-electron chi connectivity index (χ2n) is 2.77. The quantitative estimate of drug-likeness (QED) is 0.672. The molecule has 0 bridgehead atoms. The summed E-state index contributed by atoms with van der Waals surface area (Å²) in [4.78, 5) is 11.1. The number of aromatic hydroxyl groups is 1. The van der Waals surface area contributed by atoms with Gasteiger partial charge in [-0.15, -0.1) is 0 Å². The monoisotopic (exact) mass is 183 g/mol. The molecular weight excluding hydrogens is 173 g/mol. The number of halogens is 1. The van der Waals surface area contributed by atoms with E-state index >= 15 is 0 Å². The van der Waals surface area contributed by atoms with Gasteiger partial charge in [-0.25, -0.2) is 4.39 Å². The van der Waals surface area contributed by atoms with Gasteiger partial charge in [0.1, 0.15) is 0 Å². The fourth-order valence-electron chi connectivity index (χ4n) is 1.06. The highest BCUT2D eigenvalue weighted by molar-refractivity contribution is 5.98. The number of benzene rings is 1. The lowest BCUT2D eigenvalue weighted by Crippen LogP contribution is -2.15. The van der Waals surface area contributed by atoms with Crippen molar-refractivity contribution in [1.29, 1.82) is 0 Å². The zero-order valence-corrected chi connectivity index (χ0v) is 7.17. The number of Topliss-reactive ketones (excluding diaryl/α,β-unsaturated/α-hetero) is 1. The van der Waals surface area contributed by atoms with Gasteiger partial charge in [-0.1, -0.05) is 0 Å². The first-order valence-electron chi connectivity index (χ1n) is 3.78. The number of aryl methyl sites for hydroxylation is 1. The number of hydrogen-bond acceptors (Lipinski definition) is 3. The van der Waals surface area contributed by atoms with Gasteiger partial charge in [-0.05, 0) is 24.6 Å². The van der Waals surface area contributed by atoms with E-state index in [1.165, 1.54) is 12.1 Å². The summed E-state index contributed by atoms with van der Waals surface area (Å²) >= 11 is 0. The summed E-state index contributed by atoms with van der Waals surface area (Å²) in [5.41, 5.74) is 5.54. The van der Waals surface area contributed by atoms with Crippen LogP contribution in [0.3, 0.4) is 0 Å². The molecule has 0 aromatic heterocycles. The smallest absolute Gasteiger partial charge is 0.179 e. The molecule has 0 fully saturated rings. The standard InChI is InChI=1S/C9H10FNO2/c1-5-2-6(8(13)4-11)9(10)7(12)3-5/h2-3,12H,4,11H2,1H3. The summed E-state index contributed by atoms with van der Waals surface area (Å²) < 4.78 is 13.1. The van der Waals surface area contributed by atoms with Crippen LogP contribution >= 0.6 is 0 Å². The van der Waals surface area contributed by atoms with E-state index < -0.39 is 17.3 Å². The summed E-state index contributed by atoms with van der Waals surface area (Å²) in [7, 11) is 0. The van der Waals surface area contributed by atoms with E-state index in [1.807, 2.05) is 0 Å². The maximum absolute atomic E-state index is 13.1. The van der Waals surface area contributed by atoms with Crippen molar-refractivity contribution in [2.75, 3.05) is 6.54 Å². The lowest BCUT2D eigenvalue weighted by molar-refractivity contribution is 0.0996. The van der Waals surface area contributed by atoms with Crippen molar-refractivity contribution in [2.24, 2.45) is 5.73 Å². The molecule has 0 atom stereocenters. The van der Waals surface area contributed by atoms with Gasteiger partial charge in [0.05, 0.1) is 12.1 Å². The van der Waals surface area contributed by atoms with Crippen LogP contribution in [0.4, 0.5) is 4.39 Å². The third kappa shape index (κ3) is 1.84. The summed E-state index contributed by atoms with van der Waals surface area (Å²) in [6, 6.07) is 2.62. The number of carbonyl (C=O) groups is 1. The Balaban J connectivity index is 3.28. The predicted molar refractivity (Wildman–Crippen MR) is 46.2 cm³/mol. The van der Waals surface area contributed by atoms with Gasteiger partial charge in [0.25, 0.3) is 0 Å². The zero-order valence-electron chi connectivity index (χ0n) is 7.17. The third-order valence-electron chi connectivity index (χ3n) is 1.68. The molecule has 0 saturated carbocycles. The molecule has 0 heterocycles. The highest BCUT2D eigenvalue weighted by Crippen LogP contribution is 2.21. The highest BCUT2D eigenvalue weighted by Gasteiger charge is 2.14. The third-order valence-corrected chi connectivity index (χ3v) is 1.68. The van der Waals surface area contributed by atoms with Crippen LogP contribution in [-0.2, 0) is 0 Å². The molecule has 1 aromatic carbocycles. The minimum absolute atomic E-state index is 0.153. The highest BCUT2D eigenvalue weighted by atomic mass is 19.1. The average molecular weight is 183 g/mol. The van der Waals surface area contributed by atoms with Crippen molar-refractivity contribution in [2.45, 2.75) is 6.92 Å². The zero-order chi connectivity index (χ0) is 10.0. The summed E-state index contributed by atoms with van der Waals surface area (Å²) in [6.45, 7) is 1.40. The van der Waals surface area contributed by atoms with Gasteiger partial charge in [0.2, 0.25) is 0 Å². The summed E-state index contributed by atoms with van der Waals surface area (Å²) in [6.07, 6.45) is 0. The van der Waals surface area contributed by atoms with Crippen molar-refractivity contribution in [3.8, 4) is 5.75 Å². The summed E-state index contributed by atoms with van der Waals surface area (Å²) in [5.74, 6) is -1.94. The van der Waals surface area contributed by atoms with Crippen LogP contribution in [0.25, 0.3) is 0 Å². The van der Waals surface area contributed by atoms with E-state index in [0.29, 0.717) is 5.56 Å². The van der Waals surface area contributed by atoms with Crippen molar-refractivity contribution in [1.82, 2.24) is 0 Å². The van der Waals surface area contributed by atoms with Crippen LogP contribution in [-0.4, -0.2) is 17.4 Å². The van der Waals surface area contributed by atoms with Crippen molar-refractivity contribution in [3.05, 3.63) is 29.1 Å². The first-order valence-corrected chi connectivity index (χ1v) is 3.78. The molecule has 1 rings (SSSR count). The Morgan fingerprint density at radius 1 is 1.62 bits per heavy atom. The van der Waals surface area contributed by atoms with Crippen molar-refractivity contribution < 1.29 is 14.3 Å². The number of phenolic OH excluding ortho intramolecular Hbond substituents is 1. The van der Waals surface area contributed by atoms with Gasteiger partial charge in [0, 0.05) is 0 Å². The molecule has 13 heavy (non-hydrogen) atoms. The van der Waals surface area contributed by atoms with Crippen LogP contribution in [0.15, 0.2) is 12.1 Å². The fraction of sp³-hybridized carbons (Fsp3) is 0.222. The Kier molecular flexibility index (Phi) is 2.63. The average Bonchev–Trinajstić information content (AvgIpc) is 2.10. The molecule has 0 aliphatic carbocycles. The van der Waals surface area contributed by atoms with E-state index in [1.54, 1.807) is 6.92 Å². The van der Waals surface area contributed by atoms with Gasteiger partial charge in [-0.2, -0.15) is 0 Å². The molecule has 4 heteroatoms. The van der Waals surface area contributed by atoms with E-state index in [9.17, 15) is 9.18 Å². The lowest BCUT2D eigenvalue weighted by Gasteiger charge is -2.03.